The highest BCUT2D eigenvalue weighted by atomic mass is 32.2. The maximum Gasteiger partial charge on any atom is 0.267 e. The summed E-state index contributed by atoms with van der Waals surface area (Å²) in [5, 5.41) is 0. The van der Waals surface area contributed by atoms with E-state index in [9.17, 15) is 13.2 Å². The maximum atomic E-state index is 13.2. The molecule has 1 aromatic carbocycles. The first-order valence-corrected chi connectivity index (χ1v) is 12.7. The number of carbonyl (C=O) groups excluding carboxylic acids is 1. The minimum atomic E-state index is -2.89. The van der Waals surface area contributed by atoms with Crippen LogP contribution < -0.4 is 4.74 Å². The van der Waals surface area contributed by atoms with Crippen molar-refractivity contribution in [2.45, 2.75) is 19.4 Å². The van der Waals surface area contributed by atoms with E-state index < -0.39 is 9.84 Å². The van der Waals surface area contributed by atoms with Gasteiger partial charge in [0.2, 0.25) is 0 Å². The van der Waals surface area contributed by atoms with Crippen LogP contribution in [0.3, 0.4) is 0 Å². The number of piperazine rings is 1. The molecule has 0 aliphatic carbocycles. The van der Waals surface area contributed by atoms with E-state index in [4.69, 9.17) is 4.74 Å². The first kappa shape index (κ1) is 20.4. The number of thiophene rings is 1. The Morgan fingerprint density at radius 2 is 1.90 bits per heavy atom. The molecule has 2 aromatic rings. The molecule has 0 N–H and O–H groups in total. The second-order valence-electron chi connectivity index (χ2n) is 7.49. The molecule has 6 nitrogen and oxygen atoms in total. The SMILES string of the molecule is CCOc1cc(-c2ccccc2)sc1C(=O)N1CCN(C2CCS(=O)(=O)C2)CC1. The van der Waals surface area contributed by atoms with Gasteiger partial charge in [0.15, 0.2) is 9.84 Å². The molecular formula is C21H26N2O4S2. The largest absolute Gasteiger partial charge is 0.492 e. The number of ether oxygens (including phenoxy) is 1. The van der Waals surface area contributed by atoms with Gasteiger partial charge in [-0.2, -0.15) is 0 Å². The molecule has 1 unspecified atom stereocenters. The summed E-state index contributed by atoms with van der Waals surface area (Å²) in [6, 6.07) is 12.1. The fourth-order valence-electron chi connectivity index (χ4n) is 4.03. The topological polar surface area (TPSA) is 66.9 Å². The quantitative estimate of drug-likeness (QED) is 0.724. The number of amides is 1. The summed E-state index contributed by atoms with van der Waals surface area (Å²) in [4.78, 5) is 19.0. The van der Waals surface area contributed by atoms with Gasteiger partial charge in [-0.1, -0.05) is 30.3 Å². The van der Waals surface area contributed by atoms with Crippen molar-refractivity contribution in [3.63, 3.8) is 0 Å². The first-order chi connectivity index (χ1) is 14.0. The fraction of sp³-hybridized carbons (Fsp3) is 0.476. The highest BCUT2D eigenvalue weighted by Gasteiger charge is 2.35. The Morgan fingerprint density at radius 3 is 2.52 bits per heavy atom. The van der Waals surface area contributed by atoms with Gasteiger partial charge < -0.3 is 9.64 Å². The van der Waals surface area contributed by atoms with E-state index in [2.05, 4.69) is 4.90 Å². The van der Waals surface area contributed by atoms with Crippen LogP contribution in [0.15, 0.2) is 36.4 Å². The van der Waals surface area contributed by atoms with Crippen LogP contribution in [-0.4, -0.2) is 74.5 Å². The van der Waals surface area contributed by atoms with Crippen molar-refractivity contribution < 1.29 is 17.9 Å². The molecule has 8 heteroatoms. The van der Waals surface area contributed by atoms with Crippen molar-refractivity contribution in [2.24, 2.45) is 0 Å². The molecule has 1 aromatic heterocycles. The maximum absolute atomic E-state index is 13.2. The van der Waals surface area contributed by atoms with Gasteiger partial charge in [0, 0.05) is 37.1 Å². The summed E-state index contributed by atoms with van der Waals surface area (Å²) in [6.07, 6.45) is 0.704. The average molecular weight is 435 g/mol. The number of nitrogens with zero attached hydrogens (tertiary/aromatic N) is 2. The molecule has 0 saturated carbocycles. The molecule has 2 aliphatic heterocycles. The van der Waals surface area contributed by atoms with Crippen LogP contribution in [0.4, 0.5) is 0 Å². The monoisotopic (exact) mass is 434 g/mol. The van der Waals surface area contributed by atoms with Crippen molar-refractivity contribution in [3.05, 3.63) is 41.3 Å². The summed E-state index contributed by atoms with van der Waals surface area (Å²) in [6.45, 7) is 5.08. The van der Waals surface area contributed by atoms with Gasteiger partial charge in [-0.05, 0) is 25.0 Å². The molecule has 2 fully saturated rings. The number of rotatable bonds is 5. The van der Waals surface area contributed by atoms with Gasteiger partial charge in [0.05, 0.1) is 18.1 Å². The zero-order chi connectivity index (χ0) is 20.4. The highest BCUT2D eigenvalue weighted by Crippen LogP contribution is 2.37. The first-order valence-electron chi connectivity index (χ1n) is 10.0. The summed E-state index contributed by atoms with van der Waals surface area (Å²) in [5.74, 6) is 1.18. The van der Waals surface area contributed by atoms with Crippen LogP contribution in [0.25, 0.3) is 10.4 Å². The number of hydrogen-bond acceptors (Lipinski definition) is 6. The normalized spacial score (nSPS) is 22.0. The Hall–Kier alpha value is -1.90. The molecule has 0 bridgehead atoms. The van der Waals surface area contributed by atoms with Crippen LogP contribution in [0.2, 0.25) is 0 Å². The molecule has 2 aliphatic rings. The van der Waals surface area contributed by atoms with E-state index in [1.54, 1.807) is 0 Å². The second-order valence-corrected chi connectivity index (χ2v) is 10.8. The zero-order valence-electron chi connectivity index (χ0n) is 16.5. The summed E-state index contributed by atoms with van der Waals surface area (Å²) in [5.41, 5.74) is 1.07. The lowest BCUT2D eigenvalue weighted by Crippen LogP contribution is -2.52. The van der Waals surface area contributed by atoms with Crippen LogP contribution in [0.5, 0.6) is 5.75 Å². The third-order valence-corrected chi connectivity index (χ3v) is 8.48. The van der Waals surface area contributed by atoms with Crippen molar-refractivity contribution in [1.29, 1.82) is 0 Å². The van der Waals surface area contributed by atoms with Crippen molar-refractivity contribution >= 4 is 27.1 Å². The molecule has 29 heavy (non-hydrogen) atoms. The Labute approximate surface area is 176 Å². The molecule has 3 heterocycles. The molecule has 4 rings (SSSR count). The predicted octanol–water partition coefficient (Wildman–Crippen LogP) is 2.76. The number of carbonyl (C=O) groups is 1. The lowest BCUT2D eigenvalue weighted by atomic mass is 10.2. The van der Waals surface area contributed by atoms with E-state index in [-0.39, 0.29) is 23.5 Å². The van der Waals surface area contributed by atoms with Gasteiger partial charge in [0.25, 0.3) is 5.91 Å². The van der Waals surface area contributed by atoms with E-state index >= 15 is 0 Å². The Bertz CT molecular complexity index is 964. The number of benzene rings is 1. The fourth-order valence-corrected chi connectivity index (χ4v) is 6.86. The highest BCUT2D eigenvalue weighted by molar-refractivity contribution is 7.91. The molecular weight excluding hydrogens is 408 g/mol. The van der Waals surface area contributed by atoms with Crippen LogP contribution in [-0.2, 0) is 9.84 Å². The zero-order valence-corrected chi connectivity index (χ0v) is 18.2. The van der Waals surface area contributed by atoms with E-state index in [1.165, 1.54) is 11.3 Å². The van der Waals surface area contributed by atoms with Gasteiger partial charge >= 0.3 is 0 Å². The van der Waals surface area contributed by atoms with Crippen LogP contribution in [0, 0.1) is 0 Å². The average Bonchev–Trinajstić information content (AvgIpc) is 3.32. The van der Waals surface area contributed by atoms with Gasteiger partial charge in [-0.3, -0.25) is 9.69 Å². The summed E-state index contributed by atoms with van der Waals surface area (Å²) < 4.78 is 29.3. The van der Waals surface area contributed by atoms with Crippen LogP contribution >= 0.6 is 11.3 Å². The molecule has 0 radical (unpaired) electrons. The standard InChI is InChI=1S/C21H26N2O4S2/c1-2-27-18-14-19(16-6-4-3-5-7-16)28-20(18)21(24)23-11-9-22(10-12-23)17-8-13-29(25,26)15-17/h3-7,14,17H,2,8-13,15H2,1H3. The van der Waals surface area contributed by atoms with Crippen molar-refractivity contribution in [3.8, 4) is 16.2 Å². The lowest BCUT2D eigenvalue weighted by molar-refractivity contribution is 0.0589. The van der Waals surface area contributed by atoms with Crippen LogP contribution in [0.1, 0.15) is 23.0 Å². The smallest absolute Gasteiger partial charge is 0.267 e. The molecule has 0 spiro atoms. The number of hydrogen-bond donors (Lipinski definition) is 0. The Kier molecular flexibility index (Phi) is 5.94. The summed E-state index contributed by atoms with van der Waals surface area (Å²) >= 11 is 1.47. The molecule has 1 amide bonds. The van der Waals surface area contributed by atoms with Gasteiger partial charge in [-0.15, -0.1) is 11.3 Å². The molecule has 156 valence electrons. The third kappa shape index (κ3) is 4.49. The Morgan fingerprint density at radius 1 is 1.17 bits per heavy atom. The minimum absolute atomic E-state index is 0.000625. The summed E-state index contributed by atoms with van der Waals surface area (Å²) in [7, 11) is -2.89. The van der Waals surface area contributed by atoms with Gasteiger partial charge in [0.1, 0.15) is 10.6 Å². The predicted molar refractivity (Wildman–Crippen MR) is 115 cm³/mol. The second kappa shape index (κ2) is 8.45. The van der Waals surface area contributed by atoms with E-state index in [0.29, 0.717) is 49.8 Å². The number of sulfone groups is 1. The lowest BCUT2D eigenvalue weighted by Gasteiger charge is -2.37. The molecule has 1 atom stereocenters. The minimum Gasteiger partial charge on any atom is -0.492 e. The Balaban J connectivity index is 1.46. The van der Waals surface area contributed by atoms with E-state index in [0.717, 1.165) is 10.4 Å². The van der Waals surface area contributed by atoms with Crippen molar-refractivity contribution in [1.82, 2.24) is 9.80 Å². The van der Waals surface area contributed by atoms with Crippen molar-refractivity contribution in [2.75, 3.05) is 44.3 Å². The van der Waals surface area contributed by atoms with Gasteiger partial charge in [-0.25, -0.2) is 8.42 Å². The third-order valence-electron chi connectivity index (χ3n) is 5.58. The molecule has 2 saturated heterocycles. The van der Waals surface area contributed by atoms with E-state index in [1.807, 2.05) is 48.2 Å².